The number of aliphatic hydroxyl groups excluding tert-OH is 1. The van der Waals surface area contributed by atoms with Crippen molar-refractivity contribution in [3.63, 3.8) is 0 Å². The Morgan fingerprint density at radius 2 is 1.89 bits per heavy atom. The van der Waals surface area contributed by atoms with Crippen LogP contribution in [-0.4, -0.2) is 73.0 Å². The minimum Gasteiger partial charge on any atom is -0.505 e. The average molecular weight is 578 g/mol. The van der Waals surface area contributed by atoms with E-state index in [1.807, 2.05) is 27.7 Å². The normalized spacial score (nSPS) is 12.6. The van der Waals surface area contributed by atoms with Gasteiger partial charge in [-0.15, -0.1) is 17.0 Å². The van der Waals surface area contributed by atoms with Crippen molar-refractivity contribution in [2.45, 2.75) is 39.7 Å². The van der Waals surface area contributed by atoms with Crippen LogP contribution in [0.15, 0.2) is 24.3 Å². The highest BCUT2D eigenvalue weighted by Crippen LogP contribution is 2.39. The summed E-state index contributed by atoms with van der Waals surface area (Å²) in [4.78, 5) is 29.2. The maximum Gasteiger partial charge on any atom is 0.254 e. The van der Waals surface area contributed by atoms with Crippen molar-refractivity contribution in [2.75, 3.05) is 45.3 Å². The van der Waals surface area contributed by atoms with E-state index in [-0.39, 0.29) is 53.4 Å². The average Bonchev–Trinajstić information content (AvgIpc) is 3.11. The van der Waals surface area contributed by atoms with Crippen molar-refractivity contribution >= 4 is 40.2 Å². The van der Waals surface area contributed by atoms with Gasteiger partial charge in [-0.05, 0) is 42.2 Å². The molecule has 10 heteroatoms. The number of rotatable bonds is 9. The van der Waals surface area contributed by atoms with Crippen molar-refractivity contribution < 1.29 is 24.5 Å². The van der Waals surface area contributed by atoms with Gasteiger partial charge >= 0.3 is 0 Å². The summed E-state index contributed by atoms with van der Waals surface area (Å²) in [6.07, 6.45) is 0. The lowest BCUT2D eigenvalue weighted by Crippen LogP contribution is -2.31. The molecule has 1 aliphatic rings. The summed E-state index contributed by atoms with van der Waals surface area (Å²) in [5.41, 5.74) is 2.85. The van der Waals surface area contributed by atoms with E-state index in [1.54, 1.807) is 41.1 Å². The van der Waals surface area contributed by atoms with Gasteiger partial charge in [0.25, 0.3) is 5.91 Å². The molecular formula is C27H37BrN4O5. The fourth-order valence-electron chi connectivity index (χ4n) is 4.33. The molecule has 3 rings (SSSR count). The molecule has 0 unspecified atom stereocenters. The summed E-state index contributed by atoms with van der Waals surface area (Å²) >= 11 is 0. The lowest BCUT2D eigenvalue weighted by molar-refractivity contribution is 0.0953. The van der Waals surface area contributed by atoms with E-state index >= 15 is 0 Å². The Morgan fingerprint density at radius 3 is 2.46 bits per heavy atom. The molecule has 1 aliphatic heterocycles. The topological polar surface area (TPSA) is 126 Å². The predicted octanol–water partition coefficient (Wildman–Crippen LogP) is 3.48. The number of ether oxygens (including phenoxy) is 1. The summed E-state index contributed by atoms with van der Waals surface area (Å²) in [6, 6.07) is 6.75. The third-order valence-electron chi connectivity index (χ3n) is 6.31. The number of carbonyl (C=O) groups is 2. The number of nitrogens with zero attached hydrogens (tertiary/aromatic N) is 2. The van der Waals surface area contributed by atoms with Gasteiger partial charge < -0.3 is 30.1 Å². The second-order valence-corrected chi connectivity index (χ2v) is 9.93. The van der Waals surface area contributed by atoms with Crippen LogP contribution in [0.2, 0.25) is 0 Å². The molecule has 0 bridgehead atoms. The maximum atomic E-state index is 13.4. The number of aliphatic hydroxyl groups is 1. The Balaban J connectivity index is 0.00000481. The van der Waals surface area contributed by atoms with E-state index < -0.39 is 5.41 Å². The Labute approximate surface area is 228 Å². The Morgan fingerprint density at radius 1 is 1.22 bits per heavy atom. The Kier molecular flexibility index (Phi) is 9.73. The molecule has 0 aromatic heterocycles. The summed E-state index contributed by atoms with van der Waals surface area (Å²) < 4.78 is 5.65. The number of Topliss-reactive ketones (excluding diaryl/α,β-unsaturated/α-hetero) is 1. The zero-order chi connectivity index (χ0) is 26.8. The van der Waals surface area contributed by atoms with Crippen LogP contribution < -0.4 is 15.0 Å². The van der Waals surface area contributed by atoms with Gasteiger partial charge in [-0.2, -0.15) is 0 Å². The van der Waals surface area contributed by atoms with Gasteiger partial charge in [-0.25, -0.2) is 0 Å². The molecule has 1 heterocycles. The van der Waals surface area contributed by atoms with Crippen LogP contribution >= 0.6 is 17.0 Å². The van der Waals surface area contributed by atoms with E-state index in [1.165, 1.54) is 7.05 Å². The number of amides is 1. The van der Waals surface area contributed by atoms with Crippen molar-refractivity contribution in [1.29, 1.82) is 5.41 Å². The molecule has 0 aliphatic carbocycles. The number of phenols is 1. The molecule has 0 fully saturated rings. The van der Waals surface area contributed by atoms with Gasteiger partial charge in [0.2, 0.25) is 0 Å². The number of aromatic hydroxyl groups is 1. The largest absolute Gasteiger partial charge is 0.505 e. The van der Waals surface area contributed by atoms with Gasteiger partial charge in [0, 0.05) is 43.9 Å². The lowest BCUT2D eigenvalue weighted by Gasteiger charge is -2.27. The maximum absolute atomic E-state index is 13.4. The second-order valence-electron chi connectivity index (χ2n) is 9.93. The minimum absolute atomic E-state index is 0. The van der Waals surface area contributed by atoms with E-state index in [2.05, 4.69) is 5.32 Å². The zero-order valence-electron chi connectivity index (χ0n) is 22.3. The van der Waals surface area contributed by atoms with Crippen LogP contribution in [0, 0.1) is 5.41 Å². The first kappa shape index (κ1) is 30.1. The van der Waals surface area contributed by atoms with Gasteiger partial charge in [0.15, 0.2) is 5.78 Å². The van der Waals surface area contributed by atoms with Crippen LogP contribution in [0.4, 0.5) is 5.69 Å². The van der Waals surface area contributed by atoms with Crippen molar-refractivity contribution in [2.24, 2.45) is 0 Å². The molecule has 202 valence electrons. The number of nitrogens with one attached hydrogen (secondary N) is 2. The fraction of sp³-hybridized carbons (Fsp3) is 0.444. The number of hydrogen-bond donors (Lipinski definition) is 4. The highest BCUT2D eigenvalue weighted by Gasteiger charge is 2.30. The highest BCUT2D eigenvalue weighted by molar-refractivity contribution is 8.93. The molecule has 9 nitrogen and oxygen atoms in total. The van der Waals surface area contributed by atoms with Crippen LogP contribution in [-0.2, 0) is 12.0 Å². The van der Waals surface area contributed by atoms with Crippen molar-refractivity contribution in [3.05, 3.63) is 52.1 Å². The number of halogens is 1. The lowest BCUT2D eigenvalue weighted by atomic mass is 9.84. The monoisotopic (exact) mass is 576 g/mol. The molecule has 4 N–H and O–H groups in total. The minimum atomic E-state index is -0.419. The smallest absolute Gasteiger partial charge is 0.254 e. The number of anilines is 1. The van der Waals surface area contributed by atoms with E-state index in [4.69, 9.17) is 10.1 Å². The second kappa shape index (κ2) is 12.0. The Bertz CT molecular complexity index is 1190. The molecule has 0 spiro atoms. The van der Waals surface area contributed by atoms with E-state index in [0.29, 0.717) is 53.4 Å². The number of phenolic OH excluding ortho intramolecular Hbond substituents is 1. The van der Waals surface area contributed by atoms with Crippen LogP contribution in [0.25, 0.3) is 0 Å². The zero-order valence-corrected chi connectivity index (χ0v) is 24.0. The third kappa shape index (κ3) is 6.24. The SMILES string of the molecule is Br.CCOc1cc2c(cc1C(=O)NC)C(=N)N(CC(=O)c1cc(N(C)CCO)c(O)c(C(C)(C)C)c1)C2. The molecule has 1 amide bonds. The Hall–Kier alpha value is -3.11. The van der Waals surface area contributed by atoms with Crippen molar-refractivity contribution in [1.82, 2.24) is 10.2 Å². The first-order chi connectivity index (χ1) is 16.9. The summed E-state index contributed by atoms with van der Waals surface area (Å²) in [7, 11) is 3.29. The predicted molar refractivity (Wildman–Crippen MR) is 150 cm³/mol. The number of hydrogen-bond acceptors (Lipinski definition) is 7. The molecule has 0 saturated carbocycles. The fourth-order valence-corrected chi connectivity index (χ4v) is 4.33. The van der Waals surface area contributed by atoms with Gasteiger partial charge in [-0.3, -0.25) is 15.0 Å². The summed E-state index contributed by atoms with van der Waals surface area (Å²) in [5.74, 6) is 0.192. The molecule has 2 aromatic carbocycles. The first-order valence-electron chi connectivity index (χ1n) is 12.0. The highest BCUT2D eigenvalue weighted by atomic mass is 79.9. The number of ketones is 1. The van der Waals surface area contributed by atoms with Crippen molar-refractivity contribution in [3.8, 4) is 11.5 Å². The summed E-state index contributed by atoms with van der Waals surface area (Å²) in [6.45, 7) is 8.62. The third-order valence-corrected chi connectivity index (χ3v) is 6.31. The van der Waals surface area contributed by atoms with E-state index in [9.17, 15) is 19.8 Å². The summed E-state index contributed by atoms with van der Waals surface area (Å²) in [5, 5.41) is 31.6. The molecular weight excluding hydrogens is 540 g/mol. The molecule has 0 radical (unpaired) electrons. The first-order valence-corrected chi connectivity index (χ1v) is 12.0. The molecule has 0 atom stereocenters. The number of carbonyl (C=O) groups excluding carboxylic acids is 2. The van der Waals surface area contributed by atoms with Crippen LogP contribution in [0.5, 0.6) is 11.5 Å². The standard InChI is InChI=1S/C27H36N4O5.BrH/c1-7-36-23-12-17-14-31(25(28)18(17)13-19(23)26(35)29-5)15-22(33)16-10-20(27(2,3)4)24(34)21(11-16)30(6)8-9-32;/h10-13,28,32,34H,7-9,14-15H2,1-6H3,(H,29,35);1H. The van der Waals surface area contributed by atoms with Gasteiger partial charge in [0.1, 0.15) is 17.3 Å². The molecule has 37 heavy (non-hydrogen) atoms. The number of amidine groups is 1. The molecule has 0 saturated heterocycles. The number of fused-ring (bicyclic) bond motifs is 1. The van der Waals surface area contributed by atoms with Crippen LogP contribution in [0.3, 0.4) is 0 Å². The number of likely N-dealkylation sites (N-methyl/N-ethyl adjacent to an activating group) is 1. The quantitative estimate of drug-likeness (QED) is 0.336. The van der Waals surface area contributed by atoms with Gasteiger partial charge in [0.05, 0.1) is 31.0 Å². The van der Waals surface area contributed by atoms with Crippen LogP contribution in [0.1, 0.15) is 65.1 Å². The van der Waals surface area contributed by atoms with Gasteiger partial charge in [-0.1, -0.05) is 20.8 Å². The number of benzene rings is 2. The van der Waals surface area contributed by atoms with E-state index in [0.717, 1.165) is 5.56 Å². The molecule has 2 aromatic rings.